The van der Waals surface area contributed by atoms with Crippen molar-refractivity contribution in [2.45, 2.75) is 30.7 Å². The largest absolute Gasteiger partial charge is 0.444 e. The zero-order chi connectivity index (χ0) is 14.8. The average molecular weight is 325 g/mol. The Labute approximate surface area is 123 Å². The van der Waals surface area contributed by atoms with Gasteiger partial charge in [-0.3, -0.25) is 0 Å². The van der Waals surface area contributed by atoms with E-state index >= 15 is 0 Å². The van der Waals surface area contributed by atoms with Crippen LogP contribution >= 0.6 is 34.8 Å². The molecule has 0 atom stereocenters. The lowest BCUT2D eigenvalue weighted by Crippen LogP contribution is -2.39. The van der Waals surface area contributed by atoms with E-state index in [-0.39, 0.29) is 26.3 Å². The fourth-order valence-corrected chi connectivity index (χ4v) is 0.862. The Balaban J connectivity index is 0. The summed E-state index contributed by atoms with van der Waals surface area (Å²) in [7, 11) is 0. The maximum absolute atomic E-state index is 11.4. The molecule has 0 unspecified atom stereocenters. The van der Waals surface area contributed by atoms with E-state index in [1.54, 1.807) is 20.8 Å². The Morgan fingerprint density at radius 3 is 1.72 bits per heavy atom. The summed E-state index contributed by atoms with van der Waals surface area (Å²) in [4.78, 5) is 12.7. The standard InChI is InChI=1S/C9H19NO4.CHCl3/c1-9(2,3)14-8(13)10(4-6-11)5-7-12;2-1(3)4/h11-12H,4-7H2,1-3H3;1H. The van der Waals surface area contributed by atoms with Gasteiger partial charge < -0.3 is 19.8 Å². The van der Waals surface area contributed by atoms with Gasteiger partial charge in [0.25, 0.3) is 0 Å². The molecule has 5 nitrogen and oxygen atoms in total. The predicted octanol–water partition coefficient (Wildman–Crippen LogP) is 2.19. The van der Waals surface area contributed by atoms with Crippen LogP contribution in [0.15, 0.2) is 0 Å². The van der Waals surface area contributed by atoms with Crippen LogP contribution in [0.5, 0.6) is 0 Å². The monoisotopic (exact) mass is 323 g/mol. The summed E-state index contributed by atoms with van der Waals surface area (Å²) in [6, 6.07) is 0. The van der Waals surface area contributed by atoms with Gasteiger partial charge in [0.15, 0.2) is 4.30 Å². The Morgan fingerprint density at radius 1 is 1.17 bits per heavy atom. The lowest BCUT2D eigenvalue weighted by atomic mass is 10.2. The number of carbonyl (C=O) groups excluding carboxylic acids is 1. The highest BCUT2D eigenvalue weighted by molar-refractivity contribution is 6.63. The first-order chi connectivity index (χ1) is 8.14. The van der Waals surface area contributed by atoms with Gasteiger partial charge >= 0.3 is 6.09 Å². The molecule has 18 heavy (non-hydrogen) atoms. The molecule has 0 aliphatic heterocycles. The number of aliphatic hydroxyl groups is 2. The quantitative estimate of drug-likeness (QED) is 0.778. The summed E-state index contributed by atoms with van der Waals surface area (Å²) in [5.41, 5.74) is -0.555. The molecule has 0 bridgehead atoms. The maximum atomic E-state index is 11.4. The van der Waals surface area contributed by atoms with Crippen LogP contribution in [-0.4, -0.2) is 57.4 Å². The van der Waals surface area contributed by atoms with Crippen molar-refractivity contribution in [1.82, 2.24) is 4.90 Å². The molecule has 110 valence electrons. The number of halogens is 3. The van der Waals surface area contributed by atoms with Crippen molar-refractivity contribution in [2.24, 2.45) is 0 Å². The van der Waals surface area contributed by atoms with Gasteiger partial charge in [-0.25, -0.2) is 4.79 Å². The van der Waals surface area contributed by atoms with Gasteiger partial charge in [-0.05, 0) is 20.8 Å². The first kappa shape index (κ1) is 20.4. The molecule has 0 aliphatic rings. The van der Waals surface area contributed by atoms with Crippen LogP contribution < -0.4 is 0 Å². The van der Waals surface area contributed by atoms with Gasteiger partial charge in [-0.1, -0.05) is 34.8 Å². The van der Waals surface area contributed by atoms with Crippen LogP contribution in [0, 0.1) is 0 Å². The zero-order valence-electron chi connectivity index (χ0n) is 10.7. The van der Waals surface area contributed by atoms with E-state index in [2.05, 4.69) is 0 Å². The third-order valence-electron chi connectivity index (χ3n) is 1.39. The van der Waals surface area contributed by atoms with Crippen molar-refractivity contribution in [3.05, 3.63) is 0 Å². The molecular formula is C10H20Cl3NO4. The second-order valence-electron chi connectivity index (χ2n) is 4.16. The highest BCUT2D eigenvalue weighted by Gasteiger charge is 2.21. The second-order valence-corrected chi connectivity index (χ2v) is 6.14. The molecule has 0 aliphatic carbocycles. The van der Waals surface area contributed by atoms with Crippen molar-refractivity contribution in [3.63, 3.8) is 0 Å². The van der Waals surface area contributed by atoms with E-state index in [4.69, 9.17) is 49.8 Å². The molecule has 0 rings (SSSR count). The topological polar surface area (TPSA) is 70.0 Å². The summed E-state index contributed by atoms with van der Waals surface area (Å²) >= 11 is 14.4. The van der Waals surface area contributed by atoms with Crippen LogP contribution in [0.3, 0.4) is 0 Å². The zero-order valence-corrected chi connectivity index (χ0v) is 13.0. The molecule has 0 saturated carbocycles. The fraction of sp³-hybridized carbons (Fsp3) is 0.900. The third kappa shape index (κ3) is 16.1. The van der Waals surface area contributed by atoms with Crippen LogP contribution in [0.25, 0.3) is 0 Å². The lowest BCUT2D eigenvalue weighted by molar-refractivity contribution is 0.0187. The van der Waals surface area contributed by atoms with Crippen molar-refractivity contribution in [3.8, 4) is 0 Å². The number of amides is 1. The lowest BCUT2D eigenvalue weighted by Gasteiger charge is -2.26. The molecule has 0 aromatic carbocycles. The fourth-order valence-electron chi connectivity index (χ4n) is 0.862. The molecule has 0 heterocycles. The molecule has 8 heteroatoms. The molecule has 0 saturated heterocycles. The Kier molecular flexibility index (Phi) is 12.4. The molecule has 0 radical (unpaired) electrons. The molecule has 0 aromatic rings. The summed E-state index contributed by atoms with van der Waals surface area (Å²) < 4.78 is 4.32. The van der Waals surface area contributed by atoms with Crippen molar-refractivity contribution in [1.29, 1.82) is 0 Å². The van der Waals surface area contributed by atoms with Crippen LogP contribution in [0.2, 0.25) is 0 Å². The van der Waals surface area contributed by atoms with Crippen LogP contribution in [0.4, 0.5) is 4.79 Å². The normalized spacial score (nSPS) is 10.7. The van der Waals surface area contributed by atoms with Gasteiger partial charge in [-0.15, -0.1) is 0 Å². The van der Waals surface area contributed by atoms with Gasteiger partial charge in [-0.2, -0.15) is 0 Å². The van der Waals surface area contributed by atoms with E-state index in [9.17, 15) is 4.79 Å². The maximum Gasteiger partial charge on any atom is 0.410 e. The molecule has 0 spiro atoms. The summed E-state index contributed by atoms with van der Waals surface area (Å²) in [6.45, 7) is 5.37. The van der Waals surface area contributed by atoms with Crippen molar-refractivity contribution in [2.75, 3.05) is 26.3 Å². The van der Waals surface area contributed by atoms with Crippen molar-refractivity contribution >= 4 is 40.9 Å². The smallest absolute Gasteiger partial charge is 0.410 e. The Hall–Kier alpha value is 0.0600. The van der Waals surface area contributed by atoms with Crippen molar-refractivity contribution < 1.29 is 19.7 Å². The van der Waals surface area contributed by atoms with E-state index in [0.29, 0.717) is 0 Å². The number of alkyl halides is 3. The van der Waals surface area contributed by atoms with Gasteiger partial charge in [0.1, 0.15) is 5.60 Å². The third-order valence-corrected chi connectivity index (χ3v) is 1.39. The van der Waals surface area contributed by atoms with Gasteiger partial charge in [0, 0.05) is 13.1 Å². The SMILES string of the molecule is CC(C)(C)OC(=O)N(CCO)CCO.ClC(Cl)Cl. The number of hydrogen-bond donors (Lipinski definition) is 2. The minimum absolute atomic E-state index is 0.140. The van der Waals surface area contributed by atoms with Crippen LogP contribution in [-0.2, 0) is 4.74 Å². The summed E-state index contributed by atoms with van der Waals surface area (Å²) in [5.74, 6) is 0. The average Bonchev–Trinajstić information content (AvgIpc) is 2.13. The summed E-state index contributed by atoms with van der Waals surface area (Å²) in [6.07, 6.45) is -0.513. The number of ether oxygens (including phenoxy) is 1. The predicted molar refractivity (Wildman–Crippen MR) is 73.3 cm³/mol. The number of carbonyl (C=O) groups is 1. The highest BCUT2D eigenvalue weighted by atomic mass is 35.6. The number of aliphatic hydroxyl groups excluding tert-OH is 2. The van der Waals surface area contributed by atoms with Gasteiger partial charge in [0.2, 0.25) is 0 Å². The molecule has 2 N–H and O–H groups in total. The number of rotatable bonds is 4. The molecule has 1 amide bonds. The van der Waals surface area contributed by atoms with E-state index in [0.717, 1.165) is 0 Å². The Morgan fingerprint density at radius 2 is 1.50 bits per heavy atom. The molecule has 0 fully saturated rings. The second kappa shape index (κ2) is 10.9. The van der Waals surface area contributed by atoms with Gasteiger partial charge in [0.05, 0.1) is 13.2 Å². The highest BCUT2D eigenvalue weighted by Crippen LogP contribution is 2.09. The van der Waals surface area contributed by atoms with E-state index in [1.165, 1.54) is 4.90 Å². The molecular weight excluding hydrogens is 304 g/mol. The minimum Gasteiger partial charge on any atom is -0.444 e. The molecule has 0 aromatic heterocycles. The number of nitrogens with zero attached hydrogens (tertiary/aromatic N) is 1. The summed E-state index contributed by atoms with van der Waals surface area (Å²) in [5, 5.41) is 17.4. The first-order valence-corrected chi connectivity index (χ1v) is 6.56. The Bertz CT molecular complexity index is 213. The first-order valence-electron chi connectivity index (χ1n) is 5.26. The minimum atomic E-state index is -0.750. The van der Waals surface area contributed by atoms with E-state index in [1.807, 2.05) is 0 Å². The van der Waals surface area contributed by atoms with Crippen LogP contribution in [0.1, 0.15) is 20.8 Å². The number of hydrogen-bond acceptors (Lipinski definition) is 4. The van der Waals surface area contributed by atoms with E-state index < -0.39 is 16.0 Å².